The molecule has 0 saturated carbocycles. The van der Waals surface area contributed by atoms with Gasteiger partial charge in [-0.15, -0.1) is 0 Å². The minimum Gasteiger partial charge on any atom is -0.493 e. The molecule has 0 bridgehead atoms. The molecule has 34 heavy (non-hydrogen) atoms. The van der Waals surface area contributed by atoms with Gasteiger partial charge in [-0.25, -0.2) is 4.39 Å². The van der Waals surface area contributed by atoms with E-state index in [1.807, 2.05) is 24.3 Å². The lowest BCUT2D eigenvalue weighted by atomic mass is 10.1. The van der Waals surface area contributed by atoms with E-state index in [4.69, 9.17) is 13.6 Å². The van der Waals surface area contributed by atoms with E-state index in [2.05, 4.69) is 15.1 Å². The first kappa shape index (κ1) is 22.0. The number of para-hydroxylation sites is 1. The highest BCUT2D eigenvalue weighted by atomic mass is 19.1. The Hall–Kier alpha value is -3.78. The van der Waals surface area contributed by atoms with Gasteiger partial charge in [0.05, 0.1) is 19.4 Å². The van der Waals surface area contributed by atoms with Crippen LogP contribution in [0.1, 0.15) is 22.4 Å². The third-order valence-electron chi connectivity index (χ3n) is 6.23. The van der Waals surface area contributed by atoms with Gasteiger partial charge in [0.25, 0.3) is 5.91 Å². The van der Waals surface area contributed by atoms with Gasteiger partial charge in [-0.05, 0) is 48.5 Å². The highest BCUT2D eigenvalue weighted by Crippen LogP contribution is 2.29. The number of hydrogen-bond acceptors (Lipinski definition) is 6. The maximum atomic E-state index is 13.3. The van der Waals surface area contributed by atoms with Crippen molar-refractivity contribution >= 4 is 22.6 Å². The lowest BCUT2D eigenvalue weighted by Gasteiger charge is -2.39. The molecule has 1 unspecified atom stereocenters. The van der Waals surface area contributed by atoms with Crippen LogP contribution < -0.4 is 15.0 Å². The molecule has 0 aliphatic carbocycles. The predicted molar refractivity (Wildman–Crippen MR) is 127 cm³/mol. The molecular weight excluding hydrogens is 437 g/mol. The maximum Gasteiger partial charge on any atom is 0.287 e. The second-order valence-corrected chi connectivity index (χ2v) is 8.23. The van der Waals surface area contributed by atoms with E-state index in [1.54, 1.807) is 37.6 Å². The molecule has 8 heteroatoms. The van der Waals surface area contributed by atoms with Gasteiger partial charge in [0, 0.05) is 43.8 Å². The zero-order valence-corrected chi connectivity index (χ0v) is 18.9. The molecule has 0 spiro atoms. The van der Waals surface area contributed by atoms with Crippen LogP contribution in [0.15, 0.2) is 75.8 Å². The van der Waals surface area contributed by atoms with Gasteiger partial charge < -0.3 is 23.8 Å². The van der Waals surface area contributed by atoms with Gasteiger partial charge in [-0.1, -0.05) is 12.1 Å². The highest BCUT2D eigenvalue weighted by molar-refractivity contribution is 5.97. The molecule has 7 nitrogen and oxygen atoms in total. The molecule has 3 heterocycles. The molecular formula is C26H26FN3O4. The summed E-state index contributed by atoms with van der Waals surface area (Å²) in [6.45, 7) is 3.51. The number of ether oxygens (including phenoxy) is 1. The fourth-order valence-corrected chi connectivity index (χ4v) is 4.42. The van der Waals surface area contributed by atoms with E-state index < -0.39 is 0 Å². The highest BCUT2D eigenvalue weighted by Gasteiger charge is 2.28. The van der Waals surface area contributed by atoms with Gasteiger partial charge in [0.15, 0.2) is 17.1 Å². The van der Waals surface area contributed by atoms with E-state index in [0.717, 1.165) is 43.0 Å². The Kier molecular flexibility index (Phi) is 6.22. The molecule has 2 aromatic carbocycles. The summed E-state index contributed by atoms with van der Waals surface area (Å²) in [5.41, 5.74) is 1.55. The third kappa shape index (κ3) is 4.49. The second kappa shape index (κ2) is 9.61. The van der Waals surface area contributed by atoms with Crippen LogP contribution in [-0.2, 0) is 0 Å². The summed E-state index contributed by atoms with van der Waals surface area (Å²) in [4.78, 5) is 17.4. The van der Waals surface area contributed by atoms with Crippen LogP contribution in [0.2, 0.25) is 0 Å². The molecule has 1 amide bonds. The monoisotopic (exact) mass is 463 g/mol. The molecule has 1 aliphatic rings. The summed E-state index contributed by atoms with van der Waals surface area (Å²) in [7, 11) is 1.57. The molecule has 176 valence electrons. The number of carbonyl (C=O) groups excluding carboxylic acids is 1. The van der Waals surface area contributed by atoms with Crippen LogP contribution in [0.25, 0.3) is 11.0 Å². The van der Waals surface area contributed by atoms with E-state index >= 15 is 0 Å². The van der Waals surface area contributed by atoms with Gasteiger partial charge in [-0.3, -0.25) is 9.69 Å². The minimum atomic E-state index is -0.292. The largest absolute Gasteiger partial charge is 0.493 e. The van der Waals surface area contributed by atoms with Crippen molar-refractivity contribution in [2.45, 2.75) is 6.04 Å². The minimum absolute atomic E-state index is 0.117. The Bertz CT molecular complexity index is 1250. The Morgan fingerprint density at radius 1 is 1.09 bits per heavy atom. The lowest BCUT2D eigenvalue weighted by Crippen LogP contribution is -2.49. The number of benzene rings is 2. The summed E-state index contributed by atoms with van der Waals surface area (Å²) in [6, 6.07) is 17.5. The number of methoxy groups -OCH3 is 1. The SMILES string of the molecule is COc1cccc2cc(C(=O)NCC(c3ccco3)N3CCN(c4ccc(F)cc4)CC3)oc12. The van der Waals surface area contributed by atoms with Gasteiger partial charge in [-0.2, -0.15) is 0 Å². The molecule has 1 atom stereocenters. The van der Waals surface area contributed by atoms with E-state index in [-0.39, 0.29) is 23.5 Å². The molecule has 2 aromatic heterocycles. The van der Waals surface area contributed by atoms with Crippen LogP contribution in [0.5, 0.6) is 5.75 Å². The zero-order valence-electron chi connectivity index (χ0n) is 18.9. The van der Waals surface area contributed by atoms with Crippen LogP contribution in [0, 0.1) is 5.82 Å². The Morgan fingerprint density at radius 3 is 2.59 bits per heavy atom. The van der Waals surface area contributed by atoms with Crippen LogP contribution in [0.4, 0.5) is 10.1 Å². The normalized spacial score (nSPS) is 15.4. The number of amides is 1. The summed E-state index contributed by atoms with van der Waals surface area (Å²) in [5, 5.41) is 3.81. The molecule has 1 saturated heterocycles. The standard InChI is InChI=1S/C26H26FN3O4/c1-32-23-5-2-4-18-16-24(34-25(18)23)26(31)28-17-21(22-6-3-15-33-22)30-13-11-29(12-14-30)20-9-7-19(27)8-10-20/h2-10,15-16,21H,11-14,17H2,1H3,(H,28,31). The van der Waals surface area contributed by atoms with Crippen molar-refractivity contribution in [3.05, 3.63) is 84.3 Å². The molecule has 5 rings (SSSR count). The average Bonchev–Trinajstić information content (AvgIpc) is 3.55. The number of furan rings is 2. The van der Waals surface area contributed by atoms with Crippen molar-refractivity contribution in [3.63, 3.8) is 0 Å². The van der Waals surface area contributed by atoms with Crippen LogP contribution in [0.3, 0.4) is 0 Å². The second-order valence-electron chi connectivity index (χ2n) is 8.23. The molecule has 1 fully saturated rings. The van der Waals surface area contributed by atoms with Crippen LogP contribution >= 0.6 is 0 Å². The molecule has 4 aromatic rings. The van der Waals surface area contributed by atoms with E-state index in [0.29, 0.717) is 17.9 Å². The number of hydrogen-bond donors (Lipinski definition) is 1. The van der Waals surface area contributed by atoms with Crippen molar-refractivity contribution < 1.29 is 22.8 Å². The van der Waals surface area contributed by atoms with E-state index in [9.17, 15) is 9.18 Å². The first-order valence-corrected chi connectivity index (χ1v) is 11.2. The van der Waals surface area contributed by atoms with Gasteiger partial charge in [0.2, 0.25) is 0 Å². The summed E-state index contributed by atoms with van der Waals surface area (Å²) >= 11 is 0. The van der Waals surface area contributed by atoms with Crippen molar-refractivity contribution in [2.75, 3.05) is 44.7 Å². The van der Waals surface area contributed by atoms with Crippen molar-refractivity contribution in [2.24, 2.45) is 0 Å². The van der Waals surface area contributed by atoms with Gasteiger partial charge in [0.1, 0.15) is 11.6 Å². The maximum absolute atomic E-state index is 13.3. The lowest BCUT2D eigenvalue weighted by molar-refractivity contribution is 0.0897. The van der Waals surface area contributed by atoms with Crippen molar-refractivity contribution in [3.8, 4) is 5.75 Å². The number of fused-ring (bicyclic) bond motifs is 1. The first-order valence-electron chi connectivity index (χ1n) is 11.2. The van der Waals surface area contributed by atoms with E-state index in [1.165, 1.54) is 12.1 Å². The number of halogens is 1. The number of rotatable bonds is 7. The van der Waals surface area contributed by atoms with Crippen molar-refractivity contribution in [1.29, 1.82) is 0 Å². The number of nitrogens with zero attached hydrogens (tertiary/aromatic N) is 2. The molecule has 1 N–H and O–H groups in total. The molecule has 0 radical (unpaired) electrons. The third-order valence-corrected chi connectivity index (χ3v) is 6.23. The number of nitrogens with one attached hydrogen (secondary N) is 1. The number of anilines is 1. The van der Waals surface area contributed by atoms with Gasteiger partial charge >= 0.3 is 0 Å². The Morgan fingerprint density at radius 2 is 1.88 bits per heavy atom. The quantitative estimate of drug-likeness (QED) is 0.436. The van der Waals surface area contributed by atoms with Crippen LogP contribution in [-0.4, -0.2) is 50.6 Å². The topological polar surface area (TPSA) is 71.1 Å². The number of piperazine rings is 1. The Labute approximate surface area is 196 Å². The molecule has 1 aliphatic heterocycles. The fourth-order valence-electron chi connectivity index (χ4n) is 4.42. The summed E-state index contributed by atoms with van der Waals surface area (Å²) in [5.74, 6) is 1.09. The van der Waals surface area contributed by atoms with Crippen molar-refractivity contribution in [1.82, 2.24) is 10.2 Å². The predicted octanol–water partition coefficient (Wildman–Crippen LogP) is 4.47. The summed E-state index contributed by atoms with van der Waals surface area (Å²) in [6.07, 6.45) is 1.64. The smallest absolute Gasteiger partial charge is 0.287 e. The fraction of sp³-hybridized carbons (Fsp3) is 0.269. The average molecular weight is 464 g/mol. The Balaban J connectivity index is 1.26. The zero-order chi connectivity index (χ0) is 23.5. The number of carbonyl (C=O) groups is 1. The summed E-state index contributed by atoms with van der Waals surface area (Å²) < 4.78 is 30.1. The first-order chi connectivity index (χ1) is 16.6.